The molecule has 0 unspecified atom stereocenters. The average Bonchev–Trinajstić information content (AvgIpc) is 2.47. The fourth-order valence-electron chi connectivity index (χ4n) is 2.88. The molecule has 0 bridgehead atoms. The van der Waals surface area contributed by atoms with Gasteiger partial charge in [-0.2, -0.15) is 0 Å². The summed E-state index contributed by atoms with van der Waals surface area (Å²) in [6.07, 6.45) is 2.98. The van der Waals surface area contributed by atoms with Crippen molar-refractivity contribution in [3.05, 3.63) is 29.3 Å². The van der Waals surface area contributed by atoms with Crippen LogP contribution in [0.2, 0.25) is 0 Å². The third kappa shape index (κ3) is 6.20. The van der Waals surface area contributed by atoms with Crippen LogP contribution in [0.15, 0.2) is 18.2 Å². The summed E-state index contributed by atoms with van der Waals surface area (Å²) in [4.78, 5) is 11.8. The summed E-state index contributed by atoms with van der Waals surface area (Å²) in [6.45, 7) is 7.52. The molecule has 1 saturated carbocycles. The van der Waals surface area contributed by atoms with Gasteiger partial charge in [0.25, 0.3) is 0 Å². The molecule has 2 rings (SSSR count). The quantitative estimate of drug-likeness (QED) is 0.772. The Morgan fingerprint density at radius 1 is 1.24 bits per heavy atom. The lowest BCUT2D eigenvalue weighted by Crippen LogP contribution is -2.42. The monoisotopic (exact) mass is 365 g/mol. The molecule has 0 saturated heterocycles. The third-order valence-corrected chi connectivity index (χ3v) is 4.28. The molecule has 0 atom stereocenters. The second-order valence-electron chi connectivity index (χ2n) is 7.54. The van der Waals surface area contributed by atoms with Crippen molar-refractivity contribution in [2.24, 2.45) is 0 Å². The van der Waals surface area contributed by atoms with Gasteiger partial charge in [-0.25, -0.2) is 4.79 Å². The predicted octanol–water partition coefficient (Wildman–Crippen LogP) is 4.44. The number of aliphatic hydroxyl groups is 1. The topological polar surface area (TPSA) is 67.8 Å². The summed E-state index contributed by atoms with van der Waals surface area (Å²) in [6, 6.07) is 5.67. The normalized spacial score (nSPS) is 20.6. The van der Waals surface area contributed by atoms with E-state index in [-0.39, 0.29) is 23.3 Å². The molecule has 1 aliphatic rings. The summed E-state index contributed by atoms with van der Waals surface area (Å²) in [7, 11) is 0. The second kappa shape index (κ2) is 8.04. The van der Waals surface area contributed by atoms with E-state index >= 15 is 0 Å². The summed E-state index contributed by atoms with van der Waals surface area (Å²) in [5.74, 6) is 0.621. The second-order valence-corrected chi connectivity index (χ2v) is 7.93. The highest BCUT2D eigenvalue weighted by Crippen LogP contribution is 2.27. The average molecular weight is 365 g/mol. The third-order valence-electron chi connectivity index (χ3n) is 4.06. The van der Waals surface area contributed by atoms with Crippen LogP contribution in [0.1, 0.15) is 57.6 Å². The molecule has 1 fully saturated rings. The minimum absolute atomic E-state index is 0.0478. The lowest BCUT2D eigenvalue weighted by atomic mass is 9.93. The molecule has 1 aromatic rings. The van der Waals surface area contributed by atoms with Gasteiger partial charge in [0.1, 0.15) is 11.4 Å². The van der Waals surface area contributed by atoms with Crippen LogP contribution in [-0.4, -0.2) is 34.0 Å². The number of hydrogen-bond donors (Lipinski definition) is 2. The van der Waals surface area contributed by atoms with E-state index in [1.54, 1.807) is 6.07 Å². The van der Waals surface area contributed by atoms with E-state index in [0.29, 0.717) is 11.3 Å². The van der Waals surface area contributed by atoms with Crippen molar-refractivity contribution in [1.29, 1.82) is 0 Å². The van der Waals surface area contributed by atoms with E-state index in [2.05, 4.69) is 5.32 Å². The first-order chi connectivity index (χ1) is 11.6. The molecule has 1 amide bonds. The summed E-state index contributed by atoms with van der Waals surface area (Å²) in [5, 5.41) is 12.4. The Bertz CT molecular complexity index is 631. The van der Waals surface area contributed by atoms with Crippen molar-refractivity contribution in [3.63, 3.8) is 0 Å². The van der Waals surface area contributed by atoms with Crippen molar-refractivity contribution in [2.45, 2.75) is 71.1 Å². The molecule has 2 N–H and O–H groups in total. The first kappa shape index (κ1) is 19.5. The first-order valence-electron chi connectivity index (χ1n) is 8.64. The van der Waals surface area contributed by atoms with Crippen molar-refractivity contribution in [1.82, 2.24) is 5.32 Å². The Morgan fingerprint density at radius 2 is 1.88 bits per heavy atom. The number of ether oxygens (including phenoxy) is 2. The van der Waals surface area contributed by atoms with E-state index in [0.717, 1.165) is 31.2 Å². The number of rotatable bonds is 4. The van der Waals surface area contributed by atoms with Crippen molar-refractivity contribution in [3.8, 4) is 5.75 Å². The Labute approximate surface area is 154 Å². The van der Waals surface area contributed by atoms with Crippen LogP contribution in [0.5, 0.6) is 5.75 Å². The Kier molecular flexibility index (Phi) is 6.27. The van der Waals surface area contributed by atoms with Gasteiger partial charge in [0, 0.05) is 6.04 Å². The van der Waals surface area contributed by atoms with Gasteiger partial charge in [-0.3, -0.25) is 0 Å². The van der Waals surface area contributed by atoms with Crippen LogP contribution < -0.4 is 10.1 Å². The van der Waals surface area contributed by atoms with E-state index in [4.69, 9.17) is 21.7 Å². The zero-order valence-electron chi connectivity index (χ0n) is 15.3. The molecular formula is C19H27NO4S. The molecule has 25 heavy (non-hydrogen) atoms. The number of nitrogens with one attached hydrogen (secondary N) is 1. The molecule has 0 aromatic heterocycles. The number of alkyl carbamates (subject to hydrolysis) is 1. The Hall–Kier alpha value is -1.82. The number of thiocarbonyl (C=S) groups is 1. The number of aliphatic hydroxyl groups excluding tert-OH is 1. The van der Waals surface area contributed by atoms with Crippen molar-refractivity contribution >= 4 is 23.4 Å². The van der Waals surface area contributed by atoms with Gasteiger partial charge < -0.3 is 19.9 Å². The molecule has 1 aliphatic carbocycles. The maximum Gasteiger partial charge on any atom is 0.407 e. The van der Waals surface area contributed by atoms with Crippen molar-refractivity contribution in [2.75, 3.05) is 0 Å². The van der Waals surface area contributed by atoms with Crippen LogP contribution in [0, 0.1) is 6.92 Å². The van der Waals surface area contributed by atoms with E-state index < -0.39 is 5.60 Å². The van der Waals surface area contributed by atoms with Crippen LogP contribution in [0.25, 0.3) is 0 Å². The zero-order chi connectivity index (χ0) is 18.6. The van der Waals surface area contributed by atoms with Crippen LogP contribution in [0.4, 0.5) is 4.79 Å². The number of benzene rings is 1. The molecule has 6 heteroatoms. The molecule has 1 aromatic carbocycles. The van der Waals surface area contributed by atoms with Crippen LogP contribution in [-0.2, 0) is 4.74 Å². The predicted molar refractivity (Wildman–Crippen MR) is 102 cm³/mol. The number of aryl methyl sites for hydroxylation is 1. The van der Waals surface area contributed by atoms with Gasteiger partial charge in [0.2, 0.25) is 0 Å². The highest BCUT2D eigenvalue weighted by atomic mass is 32.1. The Morgan fingerprint density at radius 3 is 2.44 bits per heavy atom. The highest BCUT2D eigenvalue weighted by molar-refractivity contribution is 7.80. The van der Waals surface area contributed by atoms with E-state index in [9.17, 15) is 9.90 Å². The van der Waals surface area contributed by atoms with Gasteiger partial charge in [-0.05, 0) is 83.3 Å². The van der Waals surface area contributed by atoms with E-state index in [1.807, 2.05) is 39.8 Å². The van der Waals surface area contributed by atoms with Gasteiger partial charge in [0.05, 0.1) is 11.7 Å². The van der Waals surface area contributed by atoms with Gasteiger partial charge in [-0.1, -0.05) is 6.07 Å². The lowest BCUT2D eigenvalue weighted by molar-refractivity contribution is 0.0470. The standard InChI is InChI=1S/C19H27NO4S/c1-12-5-10-15(17(21)25)16(11-12)23-14-8-6-13(7-9-14)20-18(22)24-19(2,3)4/h5,10-11,13-14H,6-9H2,1-4H3,(H,20,22)(H,21,25)/t13-,14+. The smallest absolute Gasteiger partial charge is 0.407 e. The van der Waals surface area contributed by atoms with Gasteiger partial charge >= 0.3 is 6.09 Å². The molecule has 138 valence electrons. The minimum Gasteiger partial charge on any atom is -0.498 e. The fourth-order valence-corrected chi connectivity index (χ4v) is 3.05. The SMILES string of the molecule is Cc1ccc(C(O)=S)c(O[C@H]2CC[C@@H](NC(=O)OC(C)(C)C)CC2)c1. The number of carbonyl (C=O) groups is 1. The summed E-state index contributed by atoms with van der Waals surface area (Å²) in [5.41, 5.74) is 1.11. The lowest BCUT2D eigenvalue weighted by Gasteiger charge is -2.30. The first-order valence-corrected chi connectivity index (χ1v) is 9.05. The maximum atomic E-state index is 11.8. The highest BCUT2D eigenvalue weighted by Gasteiger charge is 2.26. The molecule has 0 radical (unpaired) electrons. The summed E-state index contributed by atoms with van der Waals surface area (Å²) >= 11 is 4.88. The van der Waals surface area contributed by atoms with E-state index in [1.165, 1.54) is 0 Å². The number of hydrogen-bond acceptors (Lipinski definition) is 4. The molecular weight excluding hydrogens is 338 g/mol. The molecule has 0 heterocycles. The maximum absolute atomic E-state index is 11.8. The van der Waals surface area contributed by atoms with Gasteiger partial charge in [-0.15, -0.1) is 0 Å². The molecule has 0 spiro atoms. The molecule has 5 nitrogen and oxygen atoms in total. The molecule has 0 aliphatic heterocycles. The zero-order valence-corrected chi connectivity index (χ0v) is 16.1. The van der Waals surface area contributed by atoms with Crippen molar-refractivity contribution < 1.29 is 19.4 Å². The largest absolute Gasteiger partial charge is 0.498 e. The van der Waals surface area contributed by atoms with Crippen LogP contribution >= 0.6 is 12.2 Å². The van der Waals surface area contributed by atoms with Gasteiger partial charge in [0.15, 0.2) is 5.05 Å². The number of carbonyl (C=O) groups excluding carboxylic acids is 1. The van der Waals surface area contributed by atoms with Crippen LogP contribution in [0.3, 0.4) is 0 Å². The Balaban J connectivity index is 1.88. The number of amides is 1. The minimum atomic E-state index is -0.491. The summed E-state index contributed by atoms with van der Waals surface area (Å²) < 4.78 is 11.4. The fraction of sp³-hybridized carbons (Fsp3) is 0.579.